The van der Waals surface area contributed by atoms with Crippen molar-refractivity contribution in [3.05, 3.63) is 11.7 Å². The fourth-order valence-corrected chi connectivity index (χ4v) is 2.85. The molecule has 0 saturated carbocycles. The van der Waals surface area contributed by atoms with Crippen LogP contribution < -0.4 is 5.73 Å². The average molecular weight is 227 g/mol. The third-order valence-corrected chi connectivity index (χ3v) is 3.71. The summed E-state index contributed by atoms with van der Waals surface area (Å²) >= 11 is 2.01. The third-order valence-electron chi connectivity index (χ3n) is 2.66. The van der Waals surface area contributed by atoms with Crippen LogP contribution in [0.25, 0.3) is 0 Å². The quantitative estimate of drug-likeness (QED) is 0.846. The molecule has 0 unspecified atom stereocenters. The van der Waals surface area contributed by atoms with Gasteiger partial charge in [0, 0.05) is 12.3 Å². The smallest absolute Gasteiger partial charge is 0.229 e. The topological polar surface area (TPSA) is 64.9 Å². The lowest BCUT2D eigenvalue weighted by Gasteiger charge is -2.16. The van der Waals surface area contributed by atoms with Gasteiger partial charge in [0.05, 0.1) is 0 Å². The molecular weight excluding hydrogens is 210 g/mol. The van der Waals surface area contributed by atoms with E-state index in [2.05, 4.69) is 10.1 Å². The molecule has 1 aromatic rings. The van der Waals surface area contributed by atoms with Crippen LogP contribution in [0, 0.1) is 0 Å². The predicted octanol–water partition coefficient (Wildman–Crippen LogP) is 1.57. The third kappa shape index (κ3) is 2.95. The Morgan fingerprint density at radius 2 is 2.20 bits per heavy atom. The minimum atomic E-state index is 0.491. The zero-order valence-electron chi connectivity index (χ0n) is 8.82. The molecule has 1 aliphatic rings. The van der Waals surface area contributed by atoms with Gasteiger partial charge >= 0.3 is 0 Å². The van der Waals surface area contributed by atoms with E-state index >= 15 is 0 Å². The zero-order chi connectivity index (χ0) is 10.5. The van der Waals surface area contributed by atoms with E-state index in [4.69, 9.17) is 10.3 Å². The molecule has 0 amide bonds. The van der Waals surface area contributed by atoms with Gasteiger partial charge in [-0.05, 0) is 37.3 Å². The highest BCUT2D eigenvalue weighted by Gasteiger charge is 2.21. The van der Waals surface area contributed by atoms with Crippen molar-refractivity contribution < 1.29 is 4.52 Å². The summed E-state index contributed by atoms with van der Waals surface area (Å²) in [4.78, 5) is 4.43. The predicted molar refractivity (Wildman–Crippen MR) is 61.0 cm³/mol. The van der Waals surface area contributed by atoms with Crippen LogP contribution in [0.3, 0.4) is 0 Å². The summed E-state index contributed by atoms with van der Waals surface area (Å²) in [5.74, 6) is 4.57. The maximum absolute atomic E-state index is 5.44. The van der Waals surface area contributed by atoms with Gasteiger partial charge in [0.25, 0.3) is 0 Å². The van der Waals surface area contributed by atoms with Gasteiger partial charge < -0.3 is 10.3 Å². The minimum Gasteiger partial charge on any atom is -0.339 e. The van der Waals surface area contributed by atoms with Crippen LogP contribution in [-0.4, -0.2) is 28.2 Å². The Morgan fingerprint density at radius 3 is 2.93 bits per heavy atom. The number of hydrogen-bond donors (Lipinski definition) is 1. The lowest BCUT2D eigenvalue weighted by atomic mass is 10.0. The second-order valence-corrected chi connectivity index (χ2v) is 5.05. The van der Waals surface area contributed by atoms with Crippen molar-refractivity contribution in [1.82, 2.24) is 10.1 Å². The van der Waals surface area contributed by atoms with E-state index in [9.17, 15) is 0 Å². The number of aromatic nitrogens is 2. The van der Waals surface area contributed by atoms with E-state index in [0.717, 1.165) is 24.6 Å². The van der Waals surface area contributed by atoms with Crippen molar-refractivity contribution in [3.63, 3.8) is 0 Å². The van der Waals surface area contributed by atoms with Gasteiger partial charge in [-0.2, -0.15) is 16.7 Å². The molecule has 0 aromatic carbocycles. The molecule has 1 aromatic heterocycles. The van der Waals surface area contributed by atoms with Crippen LogP contribution in [0.4, 0.5) is 0 Å². The van der Waals surface area contributed by atoms with Crippen molar-refractivity contribution in [2.75, 3.05) is 18.1 Å². The Labute approximate surface area is 94.0 Å². The number of thioether (sulfide) groups is 1. The Morgan fingerprint density at radius 1 is 1.40 bits per heavy atom. The van der Waals surface area contributed by atoms with Crippen LogP contribution >= 0.6 is 11.8 Å². The van der Waals surface area contributed by atoms with Gasteiger partial charge in [-0.25, -0.2) is 0 Å². The molecule has 0 atom stereocenters. The Kier molecular flexibility index (Phi) is 4.02. The molecule has 0 aliphatic carbocycles. The van der Waals surface area contributed by atoms with Crippen LogP contribution in [0.1, 0.15) is 36.9 Å². The summed E-state index contributed by atoms with van der Waals surface area (Å²) in [6.45, 7) is 0.684. The summed E-state index contributed by atoms with van der Waals surface area (Å²) in [5, 5.41) is 3.98. The molecule has 0 bridgehead atoms. The highest BCUT2D eigenvalue weighted by atomic mass is 32.2. The summed E-state index contributed by atoms with van der Waals surface area (Å²) in [5.41, 5.74) is 5.44. The van der Waals surface area contributed by atoms with Gasteiger partial charge in [-0.1, -0.05) is 5.16 Å². The molecule has 1 saturated heterocycles. The summed E-state index contributed by atoms with van der Waals surface area (Å²) in [6.07, 6.45) is 4.10. The Hall–Kier alpha value is -0.550. The van der Waals surface area contributed by atoms with E-state index in [1.165, 1.54) is 24.3 Å². The van der Waals surface area contributed by atoms with Gasteiger partial charge in [-0.3, -0.25) is 0 Å². The summed E-state index contributed by atoms with van der Waals surface area (Å²) in [6, 6.07) is 0. The van der Waals surface area contributed by atoms with Crippen LogP contribution in [0.15, 0.2) is 4.52 Å². The SMILES string of the molecule is NCCCc1noc(C2CCSCC2)n1. The van der Waals surface area contributed by atoms with Gasteiger partial charge in [0.15, 0.2) is 5.82 Å². The number of nitrogens with two attached hydrogens (primary N) is 1. The molecule has 0 spiro atoms. The van der Waals surface area contributed by atoms with Gasteiger partial charge in [0.1, 0.15) is 0 Å². The molecule has 84 valence electrons. The van der Waals surface area contributed by atoms with E-state index in [1.54, 1.807) is 0 Å². The van der Waals surface area contributed by atoms with Gasteiger partial charge in [0.2, 0.25) is 5.89 Å². The van der Waals surface area contributed by atoms with Crippen molar-refractivity contribution in [3.8, 4) is 0 Å². The maximum Gasteiger partial charge on any atom is 0.229 e. The second-order valence-electron chi connectivity index (χ2n) is 3.83. The number of hydrogen-bond acceptors (Lipinski definition) is 5. The average Bonchev–Trinajstić information content (AvgIpc) is 2.76. The lowest BCUT2D eigenvalue weighted by Crippen LogP contribution is -2.08. The molecule has 4 nitrogen and oxygen atoms in total. The standard InChI is InChI=1S/C10H17N3OS/c11-5-1-2-9-12-10(14-13-9)8-3-6-15-7-4-8/h8H,1-7,11H2. The van der Waals surface area contributed by atoms with E-state index in [1.807, 2.05) is 11.8 Å². The first-order valence-electron chi connectivity index (χ1n) is 5.50. The van der Waals surface area contributed by atoms with E-state index < -0.39 is 0 Å². The highest BCUT2D eigenvalue weighted by Crippen LogP contribution is 2.30. The fraction of sp³-hybridized carbons (Fsp3) is 0.800. The van der Waals surface area contributed by atoms with Crippen LogP contribution in [0.5, 0.6) is 0 Å². The number of aryl methyl sites for hydroxylation is 1. The first-order valence-corrected chi connectivity index (χ1v) is 6.66. The van der Waals surface area contributed by atoms with Crippen LogP contribution in [-0.2, 0) is 6.42 Å². The first kappa shape index (κ1) is 11.0. The van der Waals surface area contributed by atoms with Gasteiger partial charge in [-0.15, -0.1) is 0 Å². The van der Waals surface area contributed by atoms with Crippen molar-refractivity contribution >= 4 is 11.8 Å². The number of rotatable bonds is 4. The molecule has 1 aliphatic heterocycles. The normalized spacial score (nSPS) is 18.2. The summed E-state index contributed by atoms with van der Waals surface area (Å²) in [7, 11) is 0. The molecule has 0 radical (unpaired) electrons. The largest absolute Gasteiger partial charge is 0.339 e. The minimum absolute atomic E-state index is 0.491. The first-order chi connectivity index (χ1) is 7.40. The lowest BCUT2D eigenvalue weighted by molar-refractivity contribution is 0.342. The zero-order valence-corrected chi connectivity index (χ0v) is 9.63. The second kappa shape index (κ2) is 5.51. The van der Waals surface area contributed by atoms with Crippen molar-refractivity contribution in [1.29, 1.82) is 0 Å². The fourth-order valence-electron chi connectivity index (χ4n) is 1.74. The molecule has 2 heterocycles. The molecular formula is C10H17N3OS. The Bertz CT molecular complexity index is 297. The Balaban J connectivity index is 1.93. The maximum atomic E-state index is 5.44. The molecule has 5 heteroatoms. The number of nitrogens with zero attached hydrogens (tertiary/aromatic N) is 2. The van der Waals surface area contributed by atoms with E-state index in [-0.39, 0.29) is 0 Å². The van der Waals surface area contributed by atoms with E-state index in [0.29, 0.717) is 12.5 Å². The van der Waals surface area contributed by atoms with Crippen molar-refractivity contribution in [2.45, 2.75) is 31.6 Å². The monoisotopic (exact) mass is 227 g/mol. The van der Waals surface area contributed by atoms with Crippen molar-refractivity contribution in [2.24, 2.45) is 5.73 Å². The highest BCUT2D eigenvalue weighted by molar-refractivity contribution is 7.99. The molecule has 2 rings (SSSR count). The summed E-state index contributed by atoms with van der Waals surface area (Å²) < 4.78 is 5.29. The molecule has 2 N–H and O–H groups in total. The van der Waals surface area contributed by atoms with Crippen LogP contribution in [0.2, 0.25) is 0 Å². The molecule has 1 fully saturated rings. The molecule has 15 heavy (non-hydrogen) atoms.